The molecule has 2 nitrogen and oxygen atoms in total. The molecule has 0 unspecified atom stereocenters. The first-order chi connectivity index (χ1) is 21.9. The van der Waals surface area contributed by atoms with Crippen LogP contribution in [0.25, 0.3) is 55.7 Å². The molecule has 0 spiro atoms. The summed E-state index contributed by atoms with van der Waals surface area (Å²) in [5.74, 6) is 0. The smallest absolute Gasteiger partial charge is 1.00 e. The van der Waals surface area contributed by atoms with Gasteiger partial charge in [0.05, 0.1) is 0 Å². The van der Waals surface area contributed by atoms with Crippen LogP contribution < -0.4 is 24.8 Å². The summed E-state index contributed by atoms with van der Waals surface area (Å²) in [6, 6.07) is 58.2. The van der Waals surface area contributed by atoms with Gasteiger partial charge >= 0.3 is 26.2 Å². The molecule has 2 aromatic heterocycles. The molecule has 0 amide bonds. The van der Waals surface area contributed by atoms with Gasteiger partial charge in [-0.15, -0.1) is 59.3 Å². The molecule has 10 rings (SSSR count). The first kappa shape index (κ1) is 32.8. The minimum atomic E-state index is 0. The van der Waals surface area contributed by atoms with Gasteiger partial charge < -0.3 is 33.9 Å². The van der Waals surface area contributed by atoms with Gasteiger partial charge in [-0.25, -0.2) is 0 Å². The zero-order valence-corrected chi connectivity index (χ0v) is 29.4. The SMILES string of the molecule is [Cl-].[Cl-].[Zr+4].[c-]1cccc2c1c1c(n2-c2ccccc2)-c2ccccc2C1.[c-]1cccc2c1c1c(n2-c2ccccc2)-c2ccccc2C1. The van der Waals surface area contributed by atoms with E-state index >= 15 is 0 Å². The molecule has 224 valence electrons. The molecule has 0 fully saturated rings. The minimum Gasteiger partial charge on any atom is -1.00 e. The Kier molecular flexibility index (Phi) is 9.44. The van der Waals surface area contributed by atoms with E-state index in [0.29, 0.717) is 0 Å². The summed E-state index contributed by atoms with van der Waals surface area (Å²) < 4.78 is 4.76. The Hall–Kier alpha value is -4.14. The van der Waals surface area contributed by atoms with Gasteiger partial charge in [0, 0.05) is 22.8 Å². The molecule has 0 atom stereocenters. The second kappa shape index (κ2) is 13.5. The van der Waals surface area contributed by atoms with Gasteiger partial charge in [-0.3, -0.25) is 0 Å². The van der Waals surface area contributed by atoms with Crippen LogP contribution in [0.2, 0.25) is 0 Å². The molecule has 0 bridgehead atoms. The third-order valence-electron chi connectivity index (χ3n) is 9.08. The maximum Gasteiger partial charge on any atom is 4.00 e. The summed E-state index contributed by atoms with van der Waals surface area (Å²) in [5.41, 5.74) is 15.9. The number of rotatable bonds is 2. The van der Waals surface area contributed by atoms with E-state index in [9.17, 15) is 0 Å². The van der Waals surface area contributed by atoms with E-state index in [2.05, 4.69) is 155 Å². The van der Waals surface area contributed by atoms with Crippen molar-refractivity contribution in [3.05, 3.63) is 180 Å². The van der Waals surface area contributed by atoms with Gasteiger partial charge in [-0.2, -0.15) is 0 Å². The van der Waals surface area contributed by atoms with Crippen molar-refractivity contribution < 1.29 is 51.0 Å². The molecule has 0 saturated heterocycles. The number of hydrogen-bond donors (Lipinski definition) is 0. The Morgan fingerprint density at radius 1 is 0.426 bits per heavy atom. The normalized spacial score (nSPS) is 11.6. The van der Waals surface area contributed by atoms with E-state index < -0.39 is 0 Å². The number of hydrogen-bond acceptors (Lipinski definition) is 0. The summed E-state index contributed by atoms with van der Waals surface area (Å²) in [6.07, 6.45) is 2.00. The average Bonchev–Trinajstić information content (AvgIpc) is 3.83. The Morgan fingerprint density at radius 2 is 0.809 bits per heavy atom. The van der Waals surface area contributed by atoms with Gasteiger partial charge in [-0.05, 0) is 70.4 Å². The number of para-hydroxylation sites is 2. The monoisotopic (exact) mass is 720 g/mol. The van der Waals surface area contributed by atoms with Gasteiger partial charge in [0.15, 0.2) is 0 Å². The largest absolute Gasteiger partial charge is 4.00 e. The third-order valence-corrected chi connectivity index (χ3v) is 9.08. The molecule has 8 aromatic rings. The van der Waals surface area contributed by atoms with E-state index in [-0.39, 0.29) is 51.0 Å². The fourth-order valence-corrected chi connectivity index (χ4v) is 7.25. The van der Waals surface area contributed by atoms with Gasteiger partial charge in [0.25, 0.3) is 0 Å². The van der Waals surface area contributed by atoms with E-state index in [1.807, 2.05) is 12.1 Å². The van der Waals surface area contributed by atoms with Crippen molar-refractivity contribution in [1.82, 2.24) is 9.13 Å². The minimum absolute atomic E-state index is 0. The van der Waals surface area contributed by atoms with Crippen LogP contribution in [0.3, 0.4) is 0 Å². The number of nitrogens with zero attached hydrogens (tertiary/aromatic N) is 2. The molecular weight excluding hydrogens is 695 g/mol. The van der Waals surface area contributed by atoms with Gasteiger partial charge in [0.2, 0.25) is 0 Å². The first-order valence-electron chi connectivity index (χ1n) is 15.2. The van der Waals surface area contributed by atoms with Crippen LogP contribution in [0, 0.1) is 12.1 Å². The van der Waals surface area contributed by atoms with Crippen LogP contribution in [0.5, 0.6) is 0 Å². The average molecular weight is 723 g/mol. The van der Waals surface area contributed by atoms with Crippen molar-refractivity contribution in [2.75, 3.05) is 0 Å². The Bertz CT molecular complexity index is 2170. The van der Waals surface area contributed by atoms with Crippen LogP contribution in [0.15, 0.2) is 146 Å². The first-order valence-corrected chi connectivity index (χ1v) is 15.2. The van der Waals surface area contributed by atoms with Crippen LogP contribution in [-0.4, -0.2) is 9.13 Å². The second-order valence-corrected chi connectivity index (χ2v) is 11.5. The molecule has 0 saturated carbocycles. The zero-order chi connectivity index (χ0) is 29.0. The fraction of sp³-hybridized carbons (Fsp3) is 0.0476. The number of halogens is 2. The topological polar surface area (TPSA) is 9.86 Å². The van der Waals surface area contributed by atoms with Gasteiger partial charge in [0.1, 0.15) is 0 Å². The maximum atomic E-state index is 3.46. The summed E-state index contributed by atoms with van der Waals surface area (Å²) >= 11 is 0. The number of aromatic nitrogens is 2. The van der Waals surface area contributed by atoms with E-state index in [4.69, 9.17) is 0 Å². The van der Waals surface area contributed by atoms with Crippen LogP contribution in [0.1, 0.15) is 22.3 Å². The quantitative estimate of drug-likeness (QED) is 0.239. The molecule has 6 aromatic carbocycles. The van der Waals surface area contributed by atoms with E-state index in [1.54, 1.807) is 0 Å². The van der Waals surface area contributed by atoms with E-state index in [0.717, 1.165) is 12.8 Å². The fourth-order valence-electron chi connectivity index (χ4n) is 7.25. The van der Waals surface area contributed by atoms with Crippen molar-refractivity contribution in [3.63, 3.8) is 0 Å². The molecule has 47 heavy (non-hydrogen) atoms. The maximum absolute atomic E-state index is 3.46. The predicted molar refractivity (Wildman–Crippen MR) is 181 cm³/mol. The summed E-state index contributed by atoms with van der Waals surface area (Å²) in [5, 5.41) is 2.50. The van der Waals surface area contributed by atoms with Crippen molar-refractivity contribution in [1.29, 1.82) is 0 Å². The van der Waals surface area contributed by atoms with Gasteiger partial charge in [-0.1, -0.05) is 96.1 Å². The molecular formula is C42H28Cl2N2Zr. The molecule has 2 heterocycles. The number of benzene rings is 6. The van der Waals surface area contributed by atoms with Crippen molar-refractivity contribution >= 4 is 21.8 Å². The van der Waals surface area contributed by atoms with Crippen molar-refractivity contribution in [3.8, 4) is 33.9 Å². The zero-order valence-electron chi connectivity index (χ0n) is 25.4. The standard InChI is InChI=1S/2C21H14N.2ClH.Zr/c2*1-2-9-16(10-3-1)22-20-13-7-6-12-18(20)19-14-15-8-4-5-11-17(15)21(19)22;;;/h2*1-11,13H,14H2;2*1H;/q2*-1;;;+4/p-2. The molecule has 2 aliphatic rings. The van der Waals surface area contributed by atoms with Crippen LogP contribution in [-0.2, 0) is 39.0 Å². The summed E-state index contributed by atoms with van der Waals surface area (Å²) in [6.45, 7) is 0. The Morgan fingerprint density at radius 3 is 1.23 bits per heavy atom. The third kappa shape index (κ3) is 5.32. The predicted octanol–water partition coefficient (Wildman–Crippen LogP) is 4.01. The summed E-state index contributed by atoms with van der Waals surface area (Å²) in [4.78, 5) is 0. The summed E-state index contributed by atoms with van der Waals surface area (Å²) in [7, 11) is 0. The number of fused-ring (bicyclic) bond motifs is 10. The molecule has 2 aliphatic carbocycles. The Balaban J connectivity index is 0.000000155. The van der Waals surface area contributed by atoms with Crippen molar-refractivity contribution in [2.45, 2.75) is 12.8 Å². The molecule has 0 aliphatic heterocycles. The Labute approximate surface area is 306 Å². The molecule has 0 radical (unpaired) electrons. The second-order valence-electron chi connectivity index (χ2n) is 11.5. The van der Waals surface area contributed by atoms with Crippen LogP contribution >= 0.6 is 0 Å². The molecule has 0 N–H and O–H groups in total. The van der Waals surface area contributed by atoms with Crippen molar-refractivity contribution in [2.24, 2.45) is 0 Å². The molecule has 5 heteroatoms. The van der Waals surface area contributed by atoms with E-state index in [1.165, 1.54) is 77.9 Å². The van der Waals surface area contributed by atoms with Crippen LogP contribution in [0.4, 0.5) is 0 Å².